The van der Waals surface area contributed by atoms with E-state index in [9.17, 15) is 14.4 Å². The van der Waals surface area contributed by atoms with Crippen LogP contribution >= 0.6 is 0 Å². The maximum absolute atomic E-state index is 12.9. The van der Waals surface area contributed by atoms with E-state index in [1.54, 1.807) is 0 Å². The van der Waals surface area contributed by atoms with Gasteiger partial charge < -0.3 is 14.2 Å². The summed E-state index contributed by atoms with van der Waals surface area (Å²) >= 11 is 0. The van der Waals surface area contributed by atoms with Gasteiger partial charge in [0.05, 0.1) is 0 Å². The summed E-state index contributed by atoms with van der Waals surface area (Å²) in [5, 5.41) is 0. The summed E-state index contributed by atoms with van der Waals surface area (Å²) in [6.45, 7) is 11.4. The quantitative estimate of drug-likeness (QED) is 0.0344. The Morgan fingerprint density at radius 3 is 0.754 bits per heavy atom. The first kappa shape index (κ1) is 63.4. The predicted molar refractivity (Wildman–Crippen MR) is 280 cm³/mol. The molecule has 0 saturated carbocycles. The van der Waals surface area contributed by atoms with Crippen molar-refractivity contribution >= 4 is 17.9 Å². The molecule has 0 heterocycles. The van der Waals surface area contributed by atoms with Crippen molar-refractivity contribution in [3.63, 3.8) is 0 Å². The average molecular weight is 920 g/mol. The highest BCUT2D eigenvalue weighted by Crippen LogP contribution is 2.18. The topological polar surface area (TPSA) is 78.9 Å². The average Bonchev–Trinajstić information content (AvgIpc) is 3.28. The normalized spacial score (nSPS) is 12.0. The number of rotatable bonds is 53. The van der Waals surface area contributed by atoms with E-state index in [1.807, 2.05) is 0 Å². The van der Waals surface area contributed by atoms with Crippen molar-refractivity contribution in [1.82, 2.24) is 0 Å². The summed E-state index contributed by atoms with van der Waals surface area (Å²) in [4.78, 5) is 38.1. The molecule has 6 heteroatoms. The third kappa shape index (κ3) is 53.2. The molecule has 0 aliphatic carbocycles. The number of carbonyl (C=O) groups is 3. The molecule has 0 aromatic heterocycles. The van der Waals surface area contributed by atoms with E-state index in [0.29, 0.717) is 19.3 Å². The van der Waals surface area contributed by atoms with Crippen LogP contribution in [-0.2, 0) is 28.6 Å². The third-order valence-corrected chi connectivity index (χ3v) is 13.5. The molecule has 65 heavy (non-hydrogen) atoms. The van der Waals surface area contributed by atoms with Gasteiger partial charge in [0.1, 0.15) is 13.2 Å². The van der Waals surface area contributed by atoms with Gasteiger partial charge in [0.25, 0.3) is 0 Å². The zero-order valence-electron chi connectivity index (χ0n) is 44.6. The lowest BCUT2D eigenvalue weighted by molar-refractivity contribution is -0.167. The fourth-order valence-corrected chi connectivity index (χ4v) is 9.05. The monoisotopic (exact) mass is 919 g/mol. The molecule has 0 saturated heterocycles. The number of esters is 3. The molecule has 1 atom stereocenters. The molecule has 0 fully saturated rings. The Bertz CT molecular complexity index is 993. The first-order valence-corrected chi connectivity index (χ1v) is 29.2. The van der Waals surface area contributed by atoms with Crippen molar-refractivity contribution in [3.05, 3.63) is 0 Å². The van der Waals surface area contributed by atoms with Crippen molar-refractivity contribution in [2.75, 3.05) is 13.2 Å². The second-order valence-electron chi connectivity index (χ2n) is 21.2. The van der Waals surface area contributed by atoms with E-state index >= 15 is 0 Å². The zero-order chi connectivity index (χ0) is 47.5. The summed E-state index contributed by atoms with van der Waals surface area (Å²) in [5.74, 6) is 0.848. The summed E-state index contributed by atoms with van der Waals surface area (Å²) in [6, 6.07) is 0. The van der Waals surface area contributed by atoms with E-state index in [1.165, 1.54) is 218 Å². The van der Waals surface area contributed by atoms with Crippen LogP contribution in [0.2, 0.25) is 0 Å². The molecule has 386 valence electrons. The highest BCUT2D eigenvalue weighted by molar-refractivity contribution is 5.71. The fourth-order valence-electron chi connectivity index (χ4n) is 9.05. The Balaban J connectivity index is 4.28. The molecular formula is C59H114O6. The maximum Gasteiger partial charge on any atom is 0.306 e. The van der Waals surface area contributed by atoms with Gasteiger partial charge >= 0.3 is 17.9 Å². The third-order valence-electron chi connectivity index (χ3n) is 13.5. The molecule has 0 aliphatic heterocycles. The van der Waals surface area contributed by atoms with Crippen LogP contribution in [0.4, 0.5) is 0 Å². The number of unbranched alkanes of at least 4 members (excludes halogenated alkanes) is 38. The molecule has 0 unspecified atom stereocenters. The van der Waals surface area contributed by atoms with E-state index < -0.39 is 6.10 Å². The van der Waals surface area contributed by atoms with Gasteiger partial charge in [-0.3, -0.25) is 14.4 Å². The molecule has 0 spiro atoms. The van der Waals surface area contributed by atoms with Gasteiger partial charge in [-0.15, -0.1) is 0 Å². The van der Waals surface area contributed by atoms with Crippen LogP contribution in [0, 0.1) is 11.8 Å². The van der Waals surface area contributed by atoms with Gasteiger partial charge in [-0.1, -0.05) is 291 Å². The Morgan fingerprint density at radius 1 is 0.292 bits per heavy atom. The van der Waals surface area contributed by atoms with Crippen molar-refractivity contribution < 1.29 is 28.6 Å². The van der Waals surface area contributed by atoms with Gasteiger partial charge in [0.15, 0.2) is 6.10 Å². The van der Waals surface area contributed by atoms with Crippen LogP contribution in [0.25, 0.3) is 0 Å². The van der Waals surface area contributed by atoms with Crippen LogP contribution in [0.5, 0.6) is 0 Å². The zero-order valence-corrected chi connectivity index (χ0v) is 44.6. The molecule has 0 aromatic carbocycles. The van der Waals surface area contributed by atoms with Gasteiger partial charge in [-0.05, 0) is 31.1 Å². The molecule has 0 N–H and O–H groups in total. The van der Waals surface area contributed by atoms with Crippen LogP contribution in [0.1, 0.15) is 330 Å². The summed E-state index contributed by atoms with van der Waals surface area (Å²) in [7, 11) is 0. The second-order valence-corrected chi connectivity index (χ2v) is 21.2. The molecule has 0 bridgehead atoms. The Kier molecular flexibility index (Phi) is 50.5. The Morgan fingerprint density at radius 2 is 0.508 bits per heavy atom. The van der Waals surface area contributed by atoms with Crippen LogP contribution < -0.4 is 0 Å². The highest BCUT2D eigenvalue weighted by atomic mass is 16.6. The van der Waals surface area contributed by atoms with Crippen molar-refractivity contribution in [2.24, 2.45) is 11.8 Å². The standard InChI is InChI=1S/C59H114O6/c1-6-7-8-9-10-11-12-17-24-29-34-39-44-49-57(60)63-52-56(53-64-58(61)50-45-40-35-30-25-21-20-23-28-33-38-43-48-55(4)5)65-59(62)51-46-41-36-31-26-19-16-14-13-15-18-22-27-32-37-42-47-54(2)3/h54-56H,6-53H2,1-5H3/t56-/m1/s1. The Labute approximate surface area is 406 Å². The summed E-state index contributed by atoms with van der Waals surface area (Å²) < 4.78 is 16.9. The number of hydrogen-bond acceptors (Lipinski definition) is 6. The molecule has 0 amide bonds. The molecule has 6 nitrogen and oxygen atoms in total. The smallest absolute Gasteiger partial charge is 0.306 e. The second kappa shape index (κ2) is 51.8. The van der Waals surface area contributed by atoms with E-state index in [2.05, 4.69) is 34.6 Å². The minimum atomic E-state index is -0.762. The minimum Gasteiger partial charge on any atom is -0.462 e. The lowest BCUT2D eigenvalue weighted by atomic mass is 10.0. The summed E-state index contributed by atoms with van der Waals surface area (Å²) in [5.41, 5.74) is 0. The number of carbonyl (C=O) groups excluding carboxylic acids is 3. The molecule has 0 aliphatic rings. The van der Waals surface area contributed by atoms with Gasteiger partial charge in [-0.25, -0.2) is 0 Å². The molecule has 0 radical (unpaired) electrons. The molecular weight excluding hydrogens is 805 g/mol. The van der Waals surface area contributed by atoms with Crippen LogP contribution in [-0.4, -0.2) is 37.2 Å². The number of ether oxygens (including phenoxy) is 3. The SMILES string of the molecule is CCCCCCCCCCCCCCCC(=O)OC[C@H](COC(=O)CCCCCCCCCCCCCCC(C)C)OC(=O)CCCCCCCCCCCCCCCCCCC(C)C. The van der Waals surface area contributed by atoms with E-state index in [0.717, 1.165) is 69.6 Å². The maximum atomic E-state index is 12.9. The first-order valence-electron chi connectivity index (χ1n) is 29.2. The van der Waals surface area contributed by atoms with Crippen LogP contribution in [0.15, 0.2) is 0 Å². The van der Waals surface area contributed by atoms with E-state index in [-0.39, 0.29) is 31.1 Å². The minimum absolute atomic E-state index is 0.0625. The number of hydrogen-bond donors (Lipinski definition) is 0. The van der Waals surface area contributed by atoms with Gasteiger partial charge in [-0.2, -0.15) is 0 Å². The molecule has 0 aromatic rings. The van der Waals surface area contributed by atoms with Crippen molar-refractivity contribution in [3.8, 4) is 0 Å². The highest BCUT2D eigenvalue weighted by Gasteiger charge is 2.19. The van der Waals surface area contributed by atoms with Crippen LogP contribution in [0.3, 0.4) is 0 Å². The lowest BCUT2D eigenvalue weighted by Crippen LogP contribution is -2.30. The molecule has 0 rings (SSSR count). The predicted octanol–water partition coefficient (Wildman–Crippen LogP) is 19.3. The first-order chi connectivity index (χ1) is 31.7. The summed E-state index contributed by atoms with van der Waals surface area (Å²) in [6.07, 6.45) is 55.2. The van der Waals surface area contributed by atoms with Crippen molar-refractivity contribution in [1.29, 1.82) is 0 Å². The van der Waals surface area contributed by atoms with E-state index in [4.69, 9.17) is 14.2 Å². The lowest BCUT2D eigenvalue weighted by Gasteiger charge is -2.18. The fraction of sp³-hybridized carbons (Fsp3) is 0.949. The van der Waals surface area contributed by atoms with Crippen molar-refractivity contribution in [2.45, 2.75) is 336 Å². The largest absolute Gasteiger partial charge is 0.462 e. The Hall–Kier alpha value is -1.59. The van der Waals surface area contributed by atoms with Gasteiger partial charge in [0, 0.05) is 19.3 Å². The van der Waals surface area contributed by atoms with Gasteiger partial charge in [0.2, 0.25) is 0 Å².